The normalized spacial score (nSPS) is 18.8. The van der Waals surface area contributed by atoms with Crippen LogP contribution in [0.4, 0.5) is 0 Å². The number of nitrogens with two attached hydrogens (primary N) is 1. The maximum absolute atomic E-state index is 3.93. The fourth-order valence-electron chi connectivity index (χ4n) is 2.98. The Morgan fingerprint density at radius 2 is 1.82 bits per heavy atom. The molecule has 0 spiro atoms. The van der Waals surface area contributed by atoms with Gasteiger partial charge in [0.1, 0.15) is 6.54 Å². The molecule has 0 aliphatic heterocycles. The summed E-state index contributed by atoms with van der Waals surface area (Å²) in [5.74, 6) is 0. The summed E-state index contributed by atoms with van der Waals surface area (Å²) in [7, 11) is 0. The van der Waals surface area contributed by atoms with Crippen molar-refractivity contribution in [2.45, 2.75) is 50.6 Å². The van der Waals surface area contributed by atoms with E-state index in [4.69, 9.17) is 0 Å². The summed E-state index contributed by atoms with van der Waals surface area (Å²) in [6.07, 6.45) is 10.2. The summed E-state index contributed by atoms with van der Waals surface area (Å²) < 4.78 is 0. The third-order valence-corrected chi connectivity index (χ3v) is 4.01. The smallest absolute Gasteiger partial charge is 0.102 e. The Labute approximate surface area is 105 Å². The molecule has 1 aliphatic rings. The highest BCUT2D eigenvalue weighted by molar-refractivity contribution is 5.13. The highest BCUT2D eigenvalue weighted by Gasteiger charge is 2.33. The van der Waals surface area contributed by atoms with Crippen LogP contribution in [0.3, 0.4) is 0 Å². The van der Waals surface area contributed by atoms with E-state index in [1.54, 1.807) is 0 Å². The number of hydrogen-bond donors (Lipinski definition) is 1. The Morgan fingerprint density at radius 1 is 1.12 bits per heavy atom. The van der Waals surface area contributed by atoms with Gasteiger partial charge in [-0.25, -0.2) is 0 Å². The van der Waals surface area contributed by atoms with Crippen LogP contribution in [-0.2, 0) is 6.54 Å². The zero-order valence-corrected chi connectivity index (χ0v) is 10.7. The quantitative estimate of drug-likeness (QED) is 0.749. The second-order valence-corrected chi connectivity index (χ2v) is 5.31. The van der Waals surface area contributed by atoms with Crippen LogP contribution in [0.1, 0.15) is 44.1 Å². The van der Waals surface area contributed by atoms with Crippen molar-refractivity contribution >= 4 is 0 Å². The molecule has 2 rings (SSSR count). The first-order valence-corrected chi connectivity index (χ1v) is 6.84. The maximum atomic E-state index is 3.93. The zero-order chi connectivity index (χ0) is 12.0. The molecule has 0 unspecified atom stereocenters. The van der Waals surface area contributed by atoms with E-state index in [-0.39, 0.29) is 0 Å². The van der Waals surface area contributed by atoms with Gasteiger partial charge in [0, 0.05) is 24.8 Å². The van der Waals surface area contributed by atoms with E-state index in [1.807, 2.05) is 0 Å². The van der Waals surface area contributed by atoms with Crippen molar-refractivity contribution < 1.29 is 5.32 Å². The van der Waals surface area contributed by atoms with Gasteiger partial charge in [-0.05, 0) is 12.8 Å². The lowest BCUT2D eigenvalue weighted by Crippen LogP contribution is -2.95. The Kier molecular flexibility index (Phi) is 4.38. The molecule has 1 fully saturated rings. The predicted octanol–water partition coefficient (Wildman–Crippen LogP) is 3.03. The van der Waals surface area contributed by atoms with Crippen molar-refractivity contribution in [1.82, 2.24) is 0 Å². The molecule has 92 valence electrons. The van der Waals surface area contributed by atoms with E-state index in [9.17, 15) is 0 Å². The average molecular weight is 230 g/mol. The lowest BCUT2D eigenvalue weighted by atomic mass is 9.79. The minimum Gasteiger partial charge on any atom is -0.337 e. The Morgan fingerprint density at radius 3 is 2.47 bits per heavy atom. The largest absolute Gasteiger partial charge is 0.337 e. The molecular formula is C16H24N+. The summed E-state index contributed by atoms with van der Waals surface area (Å²) in [5.41, 5.74) is 1.87. The van der Waals surface area contributed by atoms with E-state index >= 15 is 0 Å². The first-order chi connectivity index (χ1) is 8.35. The average Bonchev–Trinajstić information content (AvgIpc) is 2.39. The molecule has 1 aromatic rings. The van der Waals surface area contributed by atoms with Gasteiger partial charge < -0.3 is 5.32 Å². The second-order valence-electron chi connectivity index (χ2n) is 5.31. The van der Waals surface area contributed by atoms with Crippen molar-refractivity contribution in [2.24, 2.45) is 0 Å². The van der Waals surface area contributed by atoms with Crippen LogP contribution in [0.25, 0.3) is 0 Å². The summed E-state index contributed by atoms with van der Waals surface area (Å²) in [4.78, 5) is 0. The summed E-state index contributed by atoms with van der Waals surface area (Å²) in [6.45, 7) is 5.04. The SMILES string of the molecule is C=CCC1([NH2+]Cc2ccccc2)CCCCC1. The van der Waals surface area contributed by atoms with Gasteiger partial charge >= 0.3 is 0 Å². The van der Waals surface area contributed by atoms with E-state index in [0.717, 1.165) is 13.0 Å². The molecule has 0 amide bonds. The van der Waals surface area contributed by atoms with E-state index < -0.39 is 0 Å². The molecule has 0 atom stereocenters. The molecule has 1 heteroatoms. The van der Waals surface area contributed by atoms with Gasteiger partial charge in [0.05, 0.1) is 5.54 Å². The molecule has 0 bridgehead atoms. The summed E-state index contributed by atoms with van der Waals surface area (Å²) in [5, 5.41) is 2.56. The first kappa shape index (κ1) is 12.4. The van der Waals surface area contributed by atoms with Crippen LogP contribution < -0.4 is 5.32 Å². The summed E-state index contributed by atoms with van der Waals surface area (Å²) in [6, 6.07) is 10.8. The van der Waals surface area contributed by atoms with Crippen LogP contribution in [0.5, 0.6) is 0 Å². The highest BCUT2D eigenvalue weighted by Crippen LogP contribution is 2.27. The van der Waals surface area contributed by atoms with Crippen molar-refractivity contribution in [3.05, 3.63) is 48.6 Å². The molecule has 2 N–H and O–H groups in total. The van der Waals surface area contributed by atoms with Crippen LogP contribution in [0.2, 0.25) is 0 Å². The summed E-state index contributed by atoms with van der Waals surface area (Å²) >= 11 is 0. The Balaban J connectivity index is 1.95. The van der Waals surface area contributed by atoms with Gasteiger partial charge in [0.15, 0.2) is 0 Å². The second kappa shape index (κ2) is 6.02. The molecule has 0 saturated heterocycles. The van der Waals surface area contributed by atoms with Crippen LogP contribution in [0.15, 0.2) is 43.0 Å². The molecule has 1 aliphatic carbocycles. The van der Waals surface area contributed by atoms with Gasteiger partial charge in [0.25, 0.3) is 0 Å². The van der Waals surface area contributed by atoms with Crippen molar-refractivity contribution in [3.63, 3.8) is 0 Å². The van der Waals surface area contributed by atoms with Gasteiger partial charge in [-0.2, -0.15) is 0 Å². The Hall–Kier alpha value is -1.08. The molecular weight excluding hydrogens is 206 g/mol. The minimum absolute atomic E-state index is 0.440. The van der Waals surface area contributed by atoms with Crippen LogP contribution >= 0.6 is 0 Å². The monoisotopic (exact) mass is 230 g/mol. The molecule has 1 saturated carbocycles. The van der Waals surface area contributed by atoms with Crippen molar-refractivity contribution in [2.75, 3.05) is 0 Å². The van der Waals surface area contributed by atoms with Crippen molar-refractivity contribution in [1.29, 1.82) is 0 Å². The molecule has 1 nitrogen and oxygen atoms in total. The first-order valence-electron chi connectivity index (χ1n) is 6.84. The molecule has 0 radical (unpaired) electrons. The van der Waals surface area contributed by atoms with E-state index in [1.165, 1.54) is 37.7 Å². The van der Waals surface area contributed by atoms with Gasteiger partial charge in [-0.1, -0.05) is 42.8 Å². The van der Waals surface area contributed by atoms with Crippen LogP contribution in [0, 0.1) is 0 Å². The van der Waals surface area contributed by atoms with E-state index in [2.05, 4.69) is 48.3 Å². The molecule has 17 heavy (non-hydrogen) atoms. The molecule has 1 aromatic carbocycles. The van der Waals surface area contributed by atoms with Crippen molar-refractivity contribution in [3.8, 4) is 0 Å². The number of benzene rings is 1. The topological polar surface area (TPSA) is 16.6 Å². The van der Waals surface area contributed by atoms with Gasteiger partial charge in [-0.3, -0.25) is 0 Å². The molecule has 0 heterocycles. The lowest BCUT2D eigenvalue weighted by molar-refractivity contribution is -0.744. The zero-order valence-electron chi connectivity index (χ0n) is 10.7. The Bertz CT molecular complexity index is 336. The number of rotatable bonds is 5. The third kappa shape index (κ3) is 3.44. The third-order valence-electron chi connectivity index (χ3n) is 4.01. The van der Waals surface area contributed by atoms with Crippen LogP contribution in [-0.4, -0.2) is 5.54 Å². The fourth-order valence-corrected chi connectivity index (χ4v) is 2.98. The van der Waals surface area contributed by atoms with Gasteiger partial charge in [0.2, 0.25) is 0 Å². The predicted molar refractivity (Wildman–Crippen MR) is 72.7 cm³/mol. The van der Waals surface area contributed by atoms with Gasteiger partial charge in [-0.15, -0.1) is 6.58 Å². The highest BCUT2D eigenvalue weighted by atomic mass is 15.0. The minimum atomic E-state index is 0.440. The number of hydrogen-bond acceptors (Lipinski definition) is 0. The van der Waals surface area contributed by atoms with E-state index in [0.29, 0.717) is 5.54 Å². The molecule has 0 aromatic heterocycles. The number of quaternary nitrogens is 1. The fraction of sp³-hybridized carbons (Fsp3) is 0.500. The maximum Gasteiger partial charge on any atom is 0.102 e. The lowest BCUT2D eigenvalue weighted by Gasteiger charge is -2.34. The standard InChI is InChI=1S/C16H23N/c1-2-11-16(12-7-4-8-13-16)17-14-15-9-5-3-6-10-15/h2-3,5-6,9-10,17H,1,4,7-8,11-14H2/p+1.